The summed E-state index contributed by atoms with van der Waals surface area (Å²) in [6, 6.07) is 15.9. The molecule has 3 aromatic carbocycles. The van der Waals surface area contributed by atoms with Crippen LogP contribution in [0.1, 0.15) is 40.3 Å². The maximum Gasteiger partial charge on any atom is 0.227 e. The first-order valence-electron chi connectivity index (χ1n) is 16.9. The summed E-state index contributed by atoms with van der Waals surface area (Å²) in [5, 5.41) is 11.3. The van der Waals surface area contributed by atoms with Gasteiger partial charge in [0.25, 0.3) is 0 Å². The maximum absolute atomic E-state index is 13.4. The molecule has 6 rings (SSSR count). The molecule has 0 saturated carbocycles. The Balaban J connectivity index is 0.000000979. The second-order valence-electron chi connectivity index (χ2n) is 13.6. The fourth-order valence-corrected chi connectivity index (χ4v) is 7.68. The molecule has 14 heteroatoms. The minimum absolute atomic E-state index is 0.139. The molecule has 2 aliphatic rings. The lowest BCUT2D eigenvalue weighted by atomic mass is 9.76. The zero-order valence-electron chi connectivity index (χ0n) is 30.4. The maximum atomic E-state index is 13.4. The SMILES string of the molecule is COc1cc2c(cc1OC)CC(=O)N(CCC[N+](C)(Cc1ccc3ccc(O)c(Br)c3n1)C[C@H]1Cc3cc(OC)c(OC)cc31)CC2.CS(=O)(=O)[O-]. The van der Waals surface area contributed by atoms with Crippen LogP contribution >= 0.6 is 15.9 Å². The predicted molar refractivity (Wildman–Crippen MR) is 200 cm³/mol. The number of likely N-dealkylation sites (N-methyl/N-ethyl adjacent to an activating group) is 1. The molecule has 280 valence electrons. The summed E-state index contributed by atoms with van der Waals surface area (Å²) in [7, 11) is 4.98. The Kier molecular flexibility index (Phi) is 12.2. The smallest absolute Gasteiger partial charge is 0.227 e. The van der Waals surface area contributed by atoms with Gasteiger partial charge in [-0.3, -0.25) is 4.79 Å². The molecule has 0 bridgehead atoms. The number of pyridine rings is 1. The second kappa shape index (κ2) is 16.3. The molecule has 1 aliphatic carbocycles. The van der Waals surface area contributed by atoms with Crippen molar-refractivity contribution in [2.45, 2.75) is 38.1 Å². The van der Waals surface area contributed by atoms with E-state index in [2.05, 4.69) is 47.2 Å². The highest BCUT2D eigenvalue weighted by Gasteiger charge is 2.36. The summed E-state index contributed by atoms with van der Waals surface area (Å²) in [5.74, 6) is 3.54. The van der Waals surface area contributed by atoms with Crippen molar-refractivity contribution in [2.24, 2.45) is 0 Å². The molecule has 0 spiro atoms. The van der Waals surface area contributed by atoms with Crippen LogP contribution in [-0.2, 0) is 40.7 Å². The monoisotopic (exact) mass is 799 g/mol. The van der Waals surface area contributed by atoms with Crippen molar-refractivity contribution in [1.82, 2.24) is 9.88 Å². The van der Waals surface area contributed by atoms with Crippen LogP contribution in [0.2, 0.25) is 0 Å². The Bertz CT molecular complexity index is 2050. The van der Waals surface area contributed by atoms with Crippen LogP contribution in [0.3, 0.4) is 0 Å². The van der Waals surface area contributed by atoms with Crippen LogP contribution in [0.25, 0.3) is 10.9 Å². The highest BCUT2D eigenvalue weighted by atomic mass is 79.9. The minimum Gasteiger partial charge on any atom is -0.748 e. The third kappa shape index (κ3) is 9.27. The van der Waals surface area contributed by atoms with Crippen molar-refractivity contribution in [3.63, 3.8) is 0 Å². The van der Waals surface area contributed by atoms with E-state index in [0.29, 0.717) is 47.7 Å². The summed E-state index contributed by atoms with van der Waals surface area (Å²) >= 11 is 3.53. The lowest BCUT2D eigenvalue weighted by molar-refractivity contribution is -0.924. The number of nitrogens with zero attached hydrogens (tertiary/aromatic N) is 3. The van der Waals surface area contributed by atoms with Gasteiger partial charge in [-0.1, -0.05) is 6.07 Å². The van der Waals surface area contributed by atoms with E-state index in [0.717, 1.165) is 82.6 Å². The Morgan fingerprint density at radius 1 is 0.942 bits per heavy atom. The van der Waals surface area contributed by atoms with Crippen molar-refractivity contribution in [1.29, 1.82) is 0 Å². The Morgan fingerprint density at radius 2 is 1.52 bits per heavy atom. The van der Waals surface area contributed by atoms with Gasteiger partial charge in [0, 0.05) is 37.1 Å². The van der Waals surface area contributed by atoms with E-state index in [1.54, 1.807) is 34.5 Å². The first kappa shape index (κ1) is 39.1. The van der Waals surface area contributed by atoms with Gasteiger partial charge >= 0.3 is 0 Å². The van der Waals surface area contributed by atoms with Crippen molar-refractivity contribution >= 4 is 42.9 Å². The van der Waals surface area contributed by atoms with Gasteiger partial charge in [-0.25, -0.2) is 13.4 Å². The van der Waals surface area contributed by atoms with E-state index in [1.165, 1.54) is 11.1 Å². The molecule has 1 N–H and O–H groups in total. The number of carbonyl (C=O) groups is 1. The number of hydrogen-bond acceptors (Lipinski definition) is 10. The molecule has 1 aromatic heterocycles. The molecule has 0 radical (unpaired) electrons. The summed E-state index contributed by atoms with van der Waals surface area (Å²) in [6.45, 7) is 3.87. The molecule has 4 aromatic rings. The Labute approximate surface area is 313 Å². The summed E-state index contributed by atoms with van der Waals surface area (Å²) in [6.07, 6.45) is 3.57. The van der Waals surface area contributed by atoms with Crippen LogP contribution < -0.4 is 18.9 Å². The van der Waals surface area contributed by atoms with E-state index < -0.39 is 10.1 Å². The number of phenolic OH excluding ortho intramolecular Hbond substituents is 1. The van der Waals surface area contributed by atoms with Gasteiger partial charge in [0.05, 0.1) is 80.8 Å². The topological polar surface area (TPSA) is 148 Å². The van der Waals surface area contributed by atoms with Crippen LogP contribution in [0, 0.1) is 0 Å². The molecule has 1 amide bonds. The Morgan fingerprint density at radius 3 is 2.15 bits per heavy atom. The molecule has 2 heterocycles. The van der Waals surface area contributed by atoms with Crippen LogP contribution in [-0.4, -0.2) is 106 Å². The number of fused-ring (bicyclic) bond motifs is 3. The number of benzene rings is 3. The van der Waals surface area contributed by atoms with Crippen molar-refractivity contribution < 1.29 is 46.3 Å². The second-order valence-corrected chi connectivity index (χ2v) is 15.8. The highest BCUT2D eigenvalue weighted by molar-refractivity contribution is 9.10. The van der Waals surface area contributed by atoms with Gasteiger partial charge in [0.15, 0.2) is 23.0 Å². The van der Waals surface area contributed by atoms with Crippen LogP contribution in [0.4, 0.5) is 0 Å². The number of amides is 1. The quantitative estimate of drug-likeness (QED) is 0.150. The fraction of sp³-hybridized carbons (Fsp3) is 0.421. The van der Waals surface area contributed by atoms with Gasteiger partial charge in [-0.15, -0.1) is 0 Å². The van der Waals surface area contributed by atoms with Gasteiger partial charge in [0.1, 0.15) is 12.3 Å². The molecular formula is C38H46BrN3O9S. The number of phenols is 1. The number of carbonyl (C=O) groups excluding carboxylic acids is 1. The summed E-state index contributed by atoms with van der Waals surface area (Å²) in [4.78, 5) is 20.4. The van der Waals surface area contributed by atoms with E-state index >= 15 is 0 Å². The van der Waals surface area contributed by atoms with E-state index in [-0.39, 0.29) is 11.7 Å². The number of methoxy groups -OCH3 is 4. The van der Waals surface area contributed by atoms with Crippen molar-refractivity contribution in [3.05, 3.63) is 81.0 Å². The number of ether oxygens (including phenoxy) is 4. The summed E-state index contributed by atoms with van der Waals surface area (Å²) in [5.41, 5.74) is 6.45. The summed E-state index contributed by atoms with van der Waals surface area (Å²) < 4.78 is 50.8. The number of rotatable bonds is 12. The average Bonchev–Trinajstić information content (AvgIpc) is 3.24. The average molecular weight is 801 g/mol. The van der Waals surface area contributed by atoms with E-state index in [4.69, 9.17) is 36.9 Å². The van der Waals surface area contributed by atoms with Gasteiger partial charge < -0.3 is 38.0 Å². The Hall–Kier alpha value is -4.11. The number of quaternary nitrogens is 1. The zero-order valence-corrected chi connectivity index (χ0v) is 32.8. The van der Waals surface area contributed by atoms with Crippen molar-refractivity contribution in [2.75, 3.05) is 67.9 Å². The zero-order chi connectivity index (χ0) is 37.8. The lowest BCUT2D eigenvalue weighted by Gasteiger charge is -2.41. The van der Waals surface area contributed by atoms with Crippen LogP contribution in [0.15, 0.2) is 53.0 Å². The lowest BCUT2D eigenvalue weighted by Crippen LogP contribution is -2.49. The predicted octanol–water partition coefficient (Wildman–Crippen LogP) is 5.20. The normalized spacial score (nSPS) is 16.3. The fourth-order valence-electron chi connectivity index (χ4n) is 7.23. The number of aromatic hydroxyl groups is 1. The molecule has 2 atom stereocenters. The van der Waals surface area contributed by atoms with Gasteiger partial charge in [-0.2, -0.15) is 0 Å². The number of halogens is 1. The van der Waals surface area contributed by atoms with Crippen LogP contribution in [0.5, 0.6) is 28.7 Å². The van der Waals surface area contributed by atoms with E-state index in [9.17, 15) is 9.90 Å². The first-order chi connectivity index (χ1) is 24.6. The molecule has 12 nitrogen and oxygen atoms in total. The minimum atomic E-state index is -3.92. The first-order valence-corrected chi connectivity index (χ1v) is 19.5. The molecule has 1 aliphatic heterocycles. The highest BCUT2D eigenvalue weighted by Crippen LogP contribution is 2.44. The number of aromatic nitrogens is 1. The third-order valence-corrected chi connectivity index (χ3v) is 10.6. The molecule has 52 heavy (non-hydrogen) atoms. The molecular weight excluding hydrogens is 754 g/mol. The molecule has 1 unspecified atom stereocenters. The molecule has 0 fully saturated rings. The van der Waals surface area contributed by atoms with Crippen molar-refractivity contribution in [3.8, 4) is 28.7 Å². The van der Waals surface area contributed by atoms with Gasteiger partial charge in [0.2, 0.25) is 5.91 Å². The third-order valence-electron chi connectivity index (χ3n) is 9.77. The standard InChI is InChI=1S/C37H42BrN3O6.CH4O3S/c1-41(21-27-15-26-18-33(46-4)34(47-5)20-29(26)27,22-28-9-7-23-8-10-30(42)36(38)37(23)39-28)14-6-12-40-13-11-24-16-31(44-2)32(45-3)17-25(24)19-35(40)43;1-5(2,3)4/h7-10,16-18,20,27H,6,11-15,19,21-22H2,1-5H3;1H3,(H,2,3,4)/t27-,41?;/m1./s1. The largest absolute Gasteiger partial charge is 0.748 e. The van der Waals surface area contributed by atoms with E-state index in [1.807, 2.05) is 23.1 Å². The number of hydrogen-bond donors (Lipinski definition) is 1. The molecule has 0 saturated heterocycles. The van der Waals surface area contributed by atoms with Gasteiger partial charge in [-0.05, 0) is 93.5 Å².